The van der Waals surface area contributed by atoms with Gasteiger partial charge in [0.2, 0.25) is 0 Å². The minimum atomic E-state index is 0.849. The van der Waals surface area contributed by atoms with Crippen molar-refractivity contribution in [2.45, 2.75) is 93.9 Å². The van der Waals surface area contributed by atoms with Crippen LogP contribution in [0.1, 0.15) is 93.9 Å². The van der Waals surface area contributed by atoms with Crippen molar-refractivity contribution in [3.05, 3.63) is 0 Å². The van der Waals surface area contributed by atoms with Crippen LogP contribution < -0.4 is 0 Å². The first kappa shape index (κ1) is 20.0. The second-order valence-corrected chi connectivity index (χ2v) is 8.61. The Morgan fingerprint density at radius 3 is 1.35 bits per heavy atom. The van der Waals surface area contributed by atoms with E-state index in [9.17, 15) is 0 Å². The zero-order chi connectivity index (χ0) is 15.7. The summed E-state index contributed by atoms with van der Waals surface area (Å²) in [5.41, 5.74) is 0. The summed E-state index contributed by atoms with van der Waals surface area (Å²) in [6.07, 6.45) is 8.53. The molecule has 0 aromatic rings. The van der Waals surface area contributed by atoms with E-state index in [2.05, 4.69) is 55.4 Å². The van der Waals surface area contributed by atoms with E-state index in [-0.39, 0.29) is 0 Å². The van der Waals surface area contributed by atoms with E-state index < -0.39 is 0 Å². The standard InChI is InChI=1S/C20H42/c1-9-19(11-16(4)5)14-20(12-17(6)7)13-18(8)10-15(2)3/h15-20H,9-14H2,1-8H3. The second kappa shape index (κ2) is 10.7. The lowest BCUT2D eigenvalue weighted by molar-refractivity contribution is 0.236. The van der Waals surface area contributed by atoms with Gasteiger partial charge in [0.1, 0.15) is 0 Å². The summed E-state index contributed by atoms with van der Waals surface area (Å²) in [5.74, 6) is 5.35. The first-order valence-corrected chi connectivity index (χ1v) is 9.24. The van der Waals surface area contributed by atoms with Gasteiger partial charge < -0.3 is 0 Å². The molecule has 0 aromatic carbocycles. The third kappa shape index (κ3) is 10.7. The van der Waals surface area contributed by atoms with Crippen molar-refractivity contribution in [3.8, 4) is 0 Å². The van der Waals surface area contributed by atoms with E-state index in [1.165, 1.54) is 38.5 Å². The van der Waals surface area contributed by atoms with Gasteiger partial charge in [0.15, 0.2) is 0 Å². The summed E-state index contributed by atoms with van der Waals surface area (Å²) in [4.78, 5) is 0. The summed E-state index contributed by atoms with van der Waals surface area (Å²) >= 11 is 0. The van der Waals surface area contributed by atoms with Crippen LogP contribution >= 0.6 is 0 Å². The molecule has 0 radical (unpaired) electrons. The average Bonchev–Trinajstić information content (AvgIpc) is 2.24. The third-order valence-electron chi connectivity index (χ3n) is 4.46. The zero-order valence-electron chi connectivity index (χ0n) is 15.7. The van der Waals surface area contributed by atoms with Gasteiger partial charge in [-0.15, -0.1) is 0 Å². The summed E-state index contributed by atoms with van der Waals surface area (Å²) < 4.78 is 0. The van der Waals surface area contributed by atoms with Crippen molar-refractivity contribution in [2.24, 2.45) is 35.5 Å². The maximum absolute atomic E-state index is 2.47. The lowest BCUT2D eigenvalue weighted by Crippen LogP contribution is -2.16. The Morgan fingerprint density at radius 2 is 0.950 bits per heavy atom. The number of hydrogen-bond donors (Lipinski definition) is 0. The molecule has 0 N–H and O–H groups in total. The molecule has 0 amide bonds. The topological polar surface area (TPSA) is 0 Å². The Labute approximate surface area is 130 Å². The SMILES string of the molecule is CCC(CC(C)C)CC(CC(C)C)CC(C)CC(C)C. The fourth-order valence-electron chi connectivity index (χ4n) is 3.99. The van der Waals surface area contributed by atoms with Gasteiger partial charge in [0.05, 0.1) is 0 Å². The highest BCUT2D eigenvalue weighted by Gasteiger charge is 2.20. The fourth-order valence-corrected chi connectivity index (χ4v) is 3.99. The smallest absolute Gasteiger partial charge is 0.0407 e. The summed E-state index contributed by atoms with van der Waals surface area (Å²) in [7, 11) is 0. The molecule has 0 nitrogen and oxygen atoms in total. The molecule has 0 fully saturated rings. The molecule has 0 saturated heterocycles. The molecule has 122 valence electrons. The molecule has 0 saturated carbocycles. The van der Waals surface area contributed by atoms with Crippen LogP contribution in [0.4, 0.5) is 0 Å². The maximum Gasteiger partial charge on any atom is -0.0407 e. The van der Waals surface area contributed by atoms with Crippen molar-refractivity contribution in [2.75, 3.05) is 0 Å². The second-order valence-electron chi connectivity index (χ2n) is 8.61. The lowest BCUT2D eigenvalue weighted by atomic mass is 9.78. The molecule has 0 aliphatic carbocycles. The van der Waals surface area contributed by atoms with Crippen LogP contribution in [0.3, 0.4) is 0 Å². The minimum absolute atomic E-state index is 0.849. The Bertz CT molecular complexity index is 214. The predicted molar refractivity (Wildman–Crippen MR) is 94.0 cm³/mol. The van der Waals surface area contributed by atoms with Crippen LogP contribution in [-0.2, 0) is 0 Å². The molecular formula is C20H42. The highest BCUT2D eigenvalue weighted by Crippen LogP contribution is 2.32. The Kier molecular flexibility index (Phi) is 10.7. The monoisotopic (exact) mass is 282 g/mol. The van der Waals surface area contributed by atoms with E-state index in [1.54, 1.807) is 0 Å². The van der Waals surface area contributed by atoms with Crippen LogP contribution in [0, 0.1) is 35.5 Å². The number of hydrogen-bond acceptors (Lipinski definition) is 0. The minimum Gasteiger partial charge on any atom is -0.0651 e. The van der Waals surface area contributed by atoms with Gasteiger partial charge >= 0.3 is 0 Å². The van der Waals surface area contributed by atoms with E-state index in [4.69, 9.17) is 0 Å². The summed E-state index contributed by atoms with van der Waals surface area (Å²) in [6, 6.07) is 0. The van der Waals surface area contributed by atoms with Crippen LogP contribution in [0.25, 0.3) is 0 Å². The van der Waals surface area contributed by atoms with Gasteiger partial charge in [-0.05, 0) is 67.6 Å². The molecule has 0 bridgehead atoms. The normalized spacial score (nSPS) is 16.9. The molecular weight excluding hydrogens is 240 g/mol. The molecule has 3 atom stereocenters. The average molecular weight is 283 g/mol. The van der Waals surface area contributed by atoms with Crippen molar-refractivity contribution in [3.63, 3.8) is 0 Å². The van der Waals surface area contributed by atoms with Crippen LogP contribution in [0.2, 0.25) is 0 Å². The van der Waals surface area contributed by atoms with Crippen molar-refractivity contribution in [1.29, 1.82) is 0 Å². The van der Waals surface area contributed by atoms with Crippen LogP contribution in [0.5, 0.6) is 0 Å². The van der Waals surface area contributed by atoms with Gasteiger partial charge in [-0.1, -0.05) is 61.8 Å². The van der Waals surface area contributed by atoms with Crippen LogP contribution in [0.15, 0.2) is 0 Å². The van der Waals surface area contributed by atoms with E-state index in [0.717, 1.165) is 35.5 Å². The lowest BCUT2D eigenvalue weighted by Gasteiger charge is -2.28. The first-order valence-electron chi connectivity index (χ1n) is 9.24. The molecule has 0 heterocycles. The van der Waals surface area contributed by atoms with E-state index in [0.29, 0.717) is 0 Å². The van der Waals surface area contributed by atoms with Crippen molar-refractivity contribution < 1.29 is 0 Å². The van der Waals surface area contributed by atoms with Gasteiger partial charge in [-0.3, -0.25) is 0 Å². The summed E-state index contributed by atoms with van der Waals surface area (Å²) in [5, 5.41) is 0. The molecule has 0 aromatic heterocycles. The Hall–Kier alpha value is 0. The fraction of sp³-hybridized carbons (Fsp3) is 1.00. The first-order chi connectivity index (χ1) is 9.24. The van der Waals surface area contributed by atoms with E-state index >= 15 is 0 Å². The largest absolute Gasteiger partial charge is 0.0651 e. The third-order valence-corrected chi connectivity index (χ3v) is 4.46. The van der Waals surface area contributed by atoms with Gasteiger partial charge in [0.25, 0.3) is 0 Å². The molecule has 0 spiro atoms. The predicted octanol–water partition coefficient (Wildman–Crippen LogP) is 7.18. The Morgan fingerprint density at radius 1 is 0.500 bits per heavy atom. The van der Waals surface area contributed by atoms with Crippen molar-refractivity contribution in [1.82, 2.24) is 0 Å². The highest BCUT2D eigenvalue weighted by molar-refractivity contribution is 4.71. The maximum atomic E-state index is 2.47. The van der Waals surface area contributed by atoms with E-state index in [1.807, 2.05) is 0 Å². The van der Waals surface area contributed by atoms with Gasteiger partial charge in [-0.2, -0.15) is 0 Å². The molecule has 0 aliphatic heterocycles. The van der Waals surface area contributed by atoms with Crippen LogP contribution in [-0.4, -0.2) is 0 Å². The summed E-state index contributed by atoms with van der Waals surface area (Å²) in [6.45, 7) is 19.1. The molecule has 0 heteroatoms. The van der Waals surface area contributed by atoms with Gasteiger partial charge in [-0.25, -0.2) is 0 Å². The Balaban J connectivity index is 4.45. The molecule has 0 rings (SSSR count). The molecule has 20 heavy (non-hydrogen) atoms. The highest BCUT2D eigenvalue weighted by atomic mass is 14.3. The zero-order valence-corrected chi connectivity index (χ0v) is 15.7. The number of rotatable bonds is 11. The van der Waals surface area contributed by atoms with Gasteiger partial charge in [0, 0.05) is 0 Å². The molecule has 0 aliphatic rings. The molecule has 3 unspecified atom stereocenters. The quantitative estimate of drug-likeness (QED) is 0.376. The van der Waals surface area contributed by atoms with Crippen molar-refractivity contribution >= 4 is 0 Å².